The van der Waals surface area contributed by atoms with Crippen LogP contribution in [-0.4, -0.2) is 12.1 Å². The molecule has 0 aromatic rings. The Morgan fingerprint density at radius 3 is 2.88 bits per heavy atom. The number of thioether (sulfide) groups is 1. The van der Waals surface area contributed by atoms with Crippen molar-refractivity contribution in [3.63, 3.8) is 0 Å². The predicted molar refractivity (Wildman–Crippen MR) is 41.2 cm³/mol. The predicted octanol–water partition coefficient (Wildman–Crippen LogP) is 2.33. The van der Waals surface area contributed by atoms with Crippen molar-refractivity contribution in [2.45, 2.75) is 12.8 Å². The van der Waals surface area contributed by atoms with Gasteiger partial charge in [-0.05, 0) is 17.9 Å². The third kappa shape index (κ3) is 6.20. The molecule has 0 bridgehead atoms. The highest BCUT2D eigenvalue weighted by Gasteiger charge is 1.75. The monoisotopic (exact) mass is 148 g/mol. The topological polar surface area (TPSA) is 0 Å². The first-order valence-corrected chi connectivity index (χ1v) is 4.24. The standard InChI is InChI=1S/C6H9ClS/c1-8-6-4-2-3-5-7/h2-3,5H2,1H3. The third-order valence-corrected chi connectivity index (χ3v) is 1.23. The summed E-state index contributed by atoms with van der Waals surface area (Å²) >= 11 is 6.95. The van der Waals surface area contributed by atoms with Crippen LogP contribution >= 0.6 is 23.4 Å². The number of hydrogen-bond acceptors (Lipinski definition) is 1. The van der Waals surface area contributed by atoms with Gasteiger partial charge < -0.3 is 0 Å². The van der Waals surface area contributed by atoms with Crippen molar-refractivity contribution in [2.24, 2.45) is 0 Å². The van der Waals surface area contributed by atoms with Gasteiger partial charge in [-0.1, -0.05) is 17.7 Å². The van der Waals surface area contributed by atoms with Crippen LogP contribution in [0.1, 0.15) is 12.8 Å². The molecule has 0 amide bonds. The van der Waals surface area contributed by atoms with Crippen molar-refractivity contribution in [2.75, 3.05) is 12.1 Å². The second-order valence-electron chi connectivity index (χ2n) is 1.28. The Kier molecular flexibility index (Phi) is 7.38. The van der Waals surface area contributed by atoms with Gasteiger partial charge in [-0.3, -0.25) is 0 Å². The van der Waals surface area contributed by atoms with Crippen LogP contribution in [0.15, 0.2) is 0 Å². The van der Waals surface area contributed by atoms with Gasteiger partial charge in [0.1, 0.15) is 0 Å². The Morgan fingerprint density at radius 1 is 1.62 bits per heavy atom. The zero-order valence-corrected chi connectivity index (χ0v) is 6.48. The molecule has 0 heterocycles. The Morgan fingerprint density at radius 2 is 2.38 bits per heavy atom. The molecule has 0 unspecified atom stereocenters. The van der Waals surface area contributed by atoms with E-state index in [4.69, 9.17) is 11.6 Å². The molecule has 0 saturated heterocycles. The molecule has 2 heteroatoms. The van der Waals surface area contributed by atoms with Crippen LogP contribution in [0.3, 0.4) is 0 Å². The van der Waals surface area contributed by atoms with E-state index in [0.29, 0.717) is 0 Å². The lowest BCUT2D eigenvalue weighted by Gasteiger charge is -1.79. The molecular weight excluding hydrogens is 140 g/mol. The average Bonchev–Trinajstić information content (AvgIpc) is 1.81. The lowest BCUT2D eigenvalue weighted by atomic mass is 10.4. The van der Waals surface area contributed by atoms with Gasteiger partial charge in [-0.2, -0.15) is 0 Å². The zero-order chi connectivity index (χ0) is 6.24. The summed E-state index contributed by atoms with van der Waals surface area (Å²) in [5.41, 5.74) is 0. The fraction of sp³-hybridized carbons (Fsp3) is 0.667. The number of alkyl halides is 1. The first-order chi connectivity index (χ1) is 3.91. The summed E-state index contributed by atoms with van der Waals surface area (Å²) in [5, 5.41) is 2.89. The molecule has 0 N–H and O–H groups in total. The van der Waals surface area contributed by atoms with E-state index in [2.05, 4.69) is 11.2 Å². The second kappa shape index (κ2) is 7.20. The van der Waals surface area contributed by atoms with E-state index in [-0.39, 0.29) is 0 Å². The SMILES string of the molecule is CSC#CCCCCl. The summed E-state index contributed by atoms with van der Waals surface area (Å²) in [6.07, 6.45) is 3.91. The molecule has 0 aliphatic carbocycles. The van der Waals surface area contributed by atoms with E-state index in [1.54, 1.807) is 11.8 Å². The van der Waals surface area contributed by atoms with Crippen LogP contribution in [0.25, 0.3) is 0 Å². The molecule has 0 spiro atoms. The van der Waals surface area contributed by atoms with Gasteiger partial charge >= 0.3 is 0 Å². The molecule has 0 aliphatic rings. The summed E-state index contributed by atoms with van der Waals surface area (Å²) in [7, 11) is 0. The molecule has 0 radical (unpaired) electrons. The van der Waals surface area contributed by atoms with Crippen molar-refractivity contribution in [3.8, 4) is 11.2 Å². The molecule has 0 atom stereocenters. The molecule has 8 heavy (non-hydrogen) atoms. The molecule has 0 rings (SSSR count). The van der Waals surface area contributed by atoms with Gasteiger partial charge in [0.15, 0.2) is 0 Å². The van der Waals surface area contributed by atoms with E-state index < -0.39 is 0 Å². The molecule has 0 nitrogen and oxygen atoms in total. The fourth-order valence-corrected chi connectivity index (χ4v) is 0.658. The highest BCUT2D eigenvalue weighted by atomic mass is 35.5. The Bertz CT molecular complexity index is 90.4. The Labute approximate surface area is 60.0 Å². The Hall–Kier alpha value is 0.200. The first kappa shape index (κ1) is 8.20. The summed E-state index contributed by atoms with van der Waals surface area (Å²) < 4.78 is 0. The number of unbranched alkanes of at least 4 members (excludes halogenated alkanes) is 1. The average molecular weight is 149 g/mol. The van der Waals surface area contributed by atoms with Gasteiger partial charge in [0.05, 0.1) is 0 Å². The van der Waals surface area contributed by atoms with Crippen molar-refractivity contribution in [1.82, 2.24) is 0 Å². The third-order valence-electron chi connectivity index (χ3n) is 0.610. The lowest BCUT2D eigenvalue weighted by molar-refractivity contribution is 0.992. The minimum Gasteiger partial charge on any atom is -0.127 e. The summed E-state index contributed by atoms with van der Waals surface area (Å²) in [6, 6.07) is 0. The van der Waals surface area contributed by atoms with Gasteiger partial charge in [-0.25, -0.2) is 0 Å². The molecule has 0 fully saturated rings. The maximum absolute atomic E-state index is 5.41. The smallest absolute Gasteiger partial charge is 0.0232 e. The molecule has 0 aromatic carbocycles. The zero-order valence-electron chi connectivity index (χ0n) is 4.91. The second-order valence-corrected chi connectivity index (χ2v) is 2.27. The van der Waals surface area contributed by atoms with Crippen molar-refractivity contribution < 1.29 is 0 Å². The molecule has 0 saturated carbocycles. The highest BCUT2D eigenvalue weighted by molar-refractivity contribution is 8.03. The quantitative estimate of drug-likeness (QED) is 0.329. The first-order valence-electron chi connectivity index (χ1n) is 2.48. The molecular formula is C6H9ClS. The minimum atomic E-state index is 0.725. The van der Waals surface area contributed by atoms with Crippen LogP contribution in [0.2, 0.25) is 0 Å². The number of halogens is 1. The minimum absolute atomic E-state index is 0.725. The maximum atomic E-state index is 5.41. The molecule has 0 aromatic heterocycles. The van der Waals surface area contributed by atoms with Crippen LogP contribution in [0.4, 0.5) is 0 Å². The van der Waals surface area contributed by atoms with E-state index >= 15 is 0 Å². The van der Waals surface area contributed by atoms with Gasteiger partial charge in [0.2, 0.25) is 0 Å². The molecule has 0 aliphatic heterocycles. The Balaban J connectivity index is 2.90. The van der Waals surface area contributed by atoms with E-state index in [9.17, 15) is 0 Å². The lowest BCUT2D eigenvalue weighted by Crippen LogP contribution is -1.69. The summed E-state index contributed by atoms with van der Waals surface area (Å²) in [4.78, 5) is 0. The van der Waals surface area contributed by atoms with E-state index in [1.807, 2.05) is 6.26 Å². The van der Waals surface area contributed by atoms with Crippen LogP contribution in [-0.2, 0) is 0 Å². The number of hydrogen-bond donors (Lipinski definition) is 0. The fourth-order valence-electron chi connectivity index (χ4n) is 0.278. The van der Waals surface area contributed by atoms with Crippen LogP contribution < -0.4 is 0 Å². The maximum Gasteiger partial charge on any atom is 0.0232 e. The van der Waals surface area contributed by atoms with Crippen molar-refractivity contribution >= 4 is 23.4 Å². The van der Waals surface area contributed by atoms with Crippen molar-refractivity contribution in [3.05, 3.63) is 0 Å². The normalized spacial score (nSPS) is 7.75. The highest BCUT2D eigenvalue weighted by Crippen LogP contribution is 1.91. The van der Waals surface area contributed by atoms with Crippen molar-refractivity contribution in [1.29, 1.82) is 0 Å². The number of rotatable bonds is 2. The van der Waals surface area contributed by atoms with Crippen LogP contribution in [0, 0.1) is 11.2 Å². The van der Waals surface area contributed by atoms with Gasteiger partial charge in [-0.15, -0.1) is 11.6 Å². The van der Waals surface area contributed by atoms with Gasteiger partial charge in [0, 0.05) is 12.3 Å². The summed E-state index contributed by atoms with van der Waals surface area (Å²) in [5.74, 6) is 3.69. The van der Waals surface area contributed by atoms with Crippen LogP contribution in [0.5, 0.6) is 0 Å². The molecule has 46 valence electrons. The summed E-state index contributed by atoms with van der Waals surface area (Å²) in [6.45, 7) is 0. The van der Waals surface area contributed by atoms with Gasteiger partial charge in [0.25, 0.3) is 0 Å². The van der Waals surface area contributed by atoms with E-state index in [1.165, 1.54) is 0 Å². The van der Waals surface area contributed by atoms with E-state index in [0.717, 1.165) is 18.7 Å². The largest absolute Gasteiger partial charge is 0.127 e.